The van der Waals surface area contributed by atoms with Crippen molar-refractivity contribution in [1.82, 2.24) is 9.97 Å². The SMILES string of the molecule is [2H]c1nc(C)c(-c2ccc(OC)cc2C)nc1N. The average molecular weight is 230 g/mol. The summed E-state index contributed by atoms with van der Waals surface area (Å²) in [5.41, 5.74) is 9.04. The van der Waals surface area contributed by atoms with Gasteiger partial charge >= 0.3 is 0 Å². The zero-order valence-electron chi connectivity index (χ0n) is 11.1. The average Bonchev–Trinajstić information content (AvgIpc) is 2.34. The molecule has 0 radical (unpaired) electrons. The molecule has 0 fully saturated rings. The van der Waals surface area contributed by atoms with Gasteiger partial charge in [-0.1, -0.05) is 0 Å². The summed E-state index contributed by atoms with van der Waals surface area (Å²) in [4.78, 5) is 8.33. The van der Waals surface area contributed by atoms with E-state index in [-0.39, 0.29) is 12.0 Å². The fourth-order valence-corrected chi connectivity index (χ4v) is 1.70. The summed E-state index contributed by atoms with van der Waals surface area (Å²) in [6, 6.07) is 5.73. The monoisotopic (exact) mass is 230 g/mol. The number of methoxy groups -OCH3 is 1. The van der Waals surface area contributed by atoms with E-state index in [4.69, 9.17) is 11.8 Å². The van der Waals surface area contributed by atoms with Gasteiger partial charge in [0, 0.05) is 5.56 Å². The summed E-state index contributed by atoms with van der Waals surface area (Å²) < 4.78 is 12.7. The topological polar surface area (TPSA) is 61.0 Å². The van der Waals surface area contributed by atoms with E-state index in [1.165, 1.54) is 0 Å². The second kappa shape index (κ2) is 4.41. The predicted octanol–water partition coefficient (Wildman–Crippen LogP) is 2.35. The van der Waals surface area contributed by atoms with E-state index in [9.17, 15) is 0 Å². The summed E-state index contributed by atoms with van der Waals surface area (Å²) in [5.74, 6) is 0.942. The molecule has 2 aromatic rings. The molecule has 0 atom stereocenters. The first-order valence-corrected chi connectivity index (χ1v) is 5.28. The second-order valence-electron chi connectivity index (χ2n) is 3.84. The van der Waals surface area contributed by atoms with E-state index in [0.29, 0.717) is 11.4 Å². The summed E-state index contributed by atoms with van der Waals surface area (Å²) >= 11 is 0. The molecule has 0 aliphatic rings. The minimum atomic E-state index is 0.0161. The number of hydrogen-bond donors (Lipinski definition) is 1. The largest absolute Gasteiger partial charge is 0.497 e. The molecule has 4 heteroatoms. The van der Waals surface area contributed by atoms with Crippen molar-refractivity contribution >= 4 is 5.82 Å². The van der Waals surface area contributed by atoms with Crippen molar-refractivity contribution < 1.29 is 6.11 Å². The van der Waals surface area contributed by atoms with Crippen LogP contribution >= 0.6 is 0 Å². The Hall–Kier alpha value is -2.10. The first-order valence-electron chi connectivity index (χ1n) is 5.78. The van der Waals surface area contributed by atoms with Crippen LogP contribution in [0.2, 0.25) is 0 Å². The molecule has 0 saturated heterocycles. The predicted molar refractivity (Wildman–Crippen MR) is 67.9 cm³/mol. The van der Waals surface area contributed by atoms with Gasteiger partial charge in [-0.15, -0.1) is 0 Å². The normalized spacial score (nSPS) is 11.1. The van der Waals surface area contributed by atoms with Crippen molar-refractivity contribution in [3.05, 3.63) is 35.6 Å². The van der Waals surface area contributed by atoms with E-state index in [1.807, 2.05) is 32.0 Å². The third-order valence-electron chi connectivity index (χ3n) is 2.60. The maximum absolute atomic E-state index is 7.52. The fourth-order valence-electron chi connectivity index (χ4n) is 1.70. The Kier molecular flexibility index (Phi) is 2.62. The standard InChI is InChI=1S/C13H15N3O/c1-8-6-10(17-3)4-5-11(8)13-9(2)15-7-12(14)16-13/h4-7H,1-3H3,(H2,14,16)/i7D. The van der Waals surface area contributed by atoms with Crippen LogP contribution in [0.3, 0.4) is 0 Å². The van der Waals surface area contributed by atoms with Gasteiger partial charge < -0.3 is 10.5 Å². The van der Waals surface area contributed by atoms with Gasteiger partial charge in [-0.05, 0) is 37.6 Å². The van der Waals surface area contributed by atoms with Gasteiger partial charge in [0.15, 0.2) is 0 Å². The van der Waals surface area contributed by atoms with Crippen molar-refractivity contribution in [1.29, 1.82) is 0 Å². The number of rotatable bonds is 2. The Bertz CT molecular complexity index is 599. The van der Waals surface area contributed by atoms with Crippen molar-refractivity contribution in [3.8, 4) is 17.0 Å². The van der Waals surface area contributed by atoms with Crippen LogP contribution in [-0.2, 0) is 0 Å². The molecular formula is C13H15N3O. The molecule has 2 N–H and O–H groups in total. The van der Waals surface area contributed by atoms with Gasteiger partial charge in [0.25, 0.3) is 0 Å². The molecule has 0 spiro atoms. The lowest BCUT2D eigenvalue weighted by atomic mass is 10.0. The lowest BCUT2D eigenvalue weighted by molar-refractivity contribution is 0.414. The van der Waals surface area contributed by atoms with E-state index in [0.717, 1.165) is 16.9 Å². The fraction of sp³-hybridized carbons (Fsp3) is 0.231. The molecule has 17 heavy (non-hydrogen) atoms. The lowest BCUT2D eigenvalue weighted by Gasteiger charge is -2.09. The molecule has 1 aromatic carbocycles. The van der Waals surface area contributed by atoms with Gasteiger partial charge in [0.1, 0.15) is 11.6 Å². The number of aryl methyl sites for hydroxylation is 2. The van der Waals surface area contributed by atoms with Gasteiger partial charge in [0.2, 0.25) is 0 Å². The molecular weight excluding hydrogens is 214 g/mol. The Morgan fingerprint density at radius 1 is 1.35 bits per heavy atom. The molecule has 0 aliphatic carbocycles. The summed E-state index contributed by atoms with van der Waals surface area (Å²) in [6.07, 6.45) is 0.0161. The van der Waals surface area contributed by atoms with Gasteiger partial charge in [-0.3, -0.25) is 4.98 Å². The summed E-state index contributed by atoms with van der Waals surface area (Å²) in [6.45, 7) is 3.80. The van der Waals surface area contributed by atoms with Crippen LogP contribution in [0.5, 0.6) is 5.75 Å². The highest BCUT2D eigenvalue weighted by Crippen LogP contribution is 2.27. The van der Waals surface area contributed by atoms with Crippen LogP contribution in [-0.4, -0.2) is 17.1 Å². The maximum Gasteiger partial charge on any atom is 0.142 e. The molecule has 4 nitrogen and oxygen atoms in total. The molecule has 0 saturated carbocycles. The summed E-state index contributed by atoms with van der Waals surface area (Å²) in [7, 11) is 1.63. The highest BCUT2D eigenvalue weighted by Gasteiger charge is 2.09. The molecule has 1 heterocycles. The number of ether oxygens (including phenoxy) is 1. The molecule has 0 amide bonds. The number of aromatic nitrogens is 2. The van der Waals surface area contributed by atoms with Crippen molar-refractivity contribution in [2.24, 2.45) is 0 Å². The molecule has 0 bridgehead atoms. The Morgan fingerprint density at radius 3 is 2.76 bits per heavy atom. The highest BCUT2D eigenvalue weighted by molar-refractivity contribution is 5.67. The number of nitrogen functional groups attached to an aromatic ring is 1. The zero-order chi connectivity index (χ0) is 13.3. The first-order chi connectivity index (χ1) is 8.52. The molecule has 88 valence electrons. The highest BCUT2D eigenvalue weighted by atomic mass is 16.5. The number of hydrogen-bond acceptors (Lipinski definition) is 4. The van der Waals surface area contributed by atoms with Crippen LogP contribution < -0.4 is 10.5 Å². The minimum absolute atomic E-state index is 0.0161. The van der Waals surface area contributed by atoms with Crippen LogP contribution in [0.4, 0.5) is 5.82 Å². The number of anilines is 1. The molecule has 0 unspecified atom stereocenters. The van der Waals surface area contributed by atoms with Gasteiger partial charge in [-0.2, -0.15) is 0 Å². The Morgan fingerprint density at radius 2 is 2.12 bits per heavy atom. The Balaban J connectivity index is 2.58. The van der Waals surface area contributed by atoms with Crippen LogP contribution in [0.25, 0.3) is 11.3 Å². The van der Waals surface area contributed by atoms with E-state index in [1.54, 1.807) is 7.11 Å². The first kappa shape index (κ1) is 10.1. The summed E-state index contributed by atoms with van der Waals surface area (Å²) in [5, 5.41) is 0. The van der Waals surface area contributed by atoms with Crippen molar-refractivity contribution in [3.63, 3.8) is 0 Å². The van der Waals surface area contributed by atoms with Crippen molar-refractivity contribution in [2.45, 2.75) is 13.8 Å². The van der Waals surface area contributed by atoms with E-state index in [2.05, 4.69) is 9.97 Å². The van der Waals surface area contributed by atoms with Gasteiger partial charge in [0.05, 0.1) is 26.0 Å². The molecule has 0 aliphatic heterocycles. The minimum Gasteiger partial charge on any atom is -0.497 e. The number of nitrogens with zero attached hydrogens (tertiary/aromatic N) is 2. The third kappa shape index (κ3) is 2.20. The maximum atomic E-state index is 7.52. The second-order valence-corrected chi connectivity index (χ2v) is 3.84. The number of benzene rings is 1. The van der Waals surface area contributed by atoms with Crippen LogP contribution in [0, 0.1) is 13.8 Å². The molecule has 1 aromatic heterocycles. The lowest BCUT2D eigenvalue weighted by Crippen LogP contribution is -1.99. The quantitative estimate of drug-likeness (QED) is 0.860. The number of nitrogens with two attached hydrogens (primary N) is 1. The smallest absolute Gasteiger partial charge is 0.142 e. The third-order valence-corrected chi connectivity index (χ3v) is 2.60. The van der Waals surface area contributed by atoms with E-state index >= 15 is 0 Å². The van der Waals surface area contributed by atoms with E-state index < -0.39 is 0 Å². The Labute approximate surface area is 102 Å². The van der Waals surface area contributed by atoms with Gasteiger partial charge in [-0.25, -0.2) is 4.98 Å². The zero-order valence-corrected chi connectivity index (χ0v) is 10.1. The van der Waals surface area contributed by atoms with Crippen molar-refractivity contribution in [2.75, 3.05) is 12.8 Å². The van der Waals surface area contributed by atoms with Crippen LogP contribution in [0.1, 0.15) is 12.6 Å². The van der Waals surface area contributed by atoms with Crippen LogP contribution in [0.15, 0.2) is 24.4 Å². The molecule has 2 rings (SSSR count).